The Kier molecular flexibility index (Phi) is 4.62. The Morgan fingerprint density at radius 1 is 1.29 bits per heavy atom. The molecule has 3 rings (SSSR count). The predicted octanol–water partition coefficient (Wildman–Crippen LogP) is 2.42. The van der Waals surface area contributed by atoms with E-state index in [1.54, 1.807) is 6.92 Å². The van der Waals surface area contributed by atoms with Gasteiger partial charge < -0.3 is 10.4 Å². The molecule has 0 saturated heterocycles. The fraction of sp³-hybridized carbons (Fsp3) is 0.412. The van der Waals surface area contributed by atoms with Crippen LogP contribution in [0.15, 0.2) is 18.2 Å². The zero-order valence-electron chi connectivity index (χ0n) is 13.3. The highest BCUT2D eigenvalue weighted by molar-refractivity contribution is 5.94. The summed E-state index contributed by atoms with van der Waals surface area (Å²) in [4.78, 5) is 12.4. The van der Waals surface area contributed by atoms with E-state index in [1.165, 1.54) is 6.07 Å². The van der Waals surface area contributed by atoms with E-state index < -0.39 is 23.8 Å². The van der Waals surface area contributed by atoms with Crippen LogP contribution in [-0.4, -0.2) is 27.3 Å². The van der Waals surface area contributed by atoms with Crippen molar-refractivity contribution in [1.82, 2.24) is 15.5 Å². The molecule has 2 aromatic rings. The predicted molar refractivity (Wildman–Crippen MR) is 83.5 cm³/mol. The van der Waals surface area contributed by atoms with Crippen molar-refractivity contribution in [2.75, 3.05) is 0 Å². The lowest BCUT2D eigenvalue weighted by atomic mass is 9.95. The molecule has 3 N–H and O–H groups in total. The van der Waals surface area contributed by atoms with Crippen LogP contribution < -0.4 is 5.32 Å². The van der Waals surface area contributed by atoms with E-state index in [9.17, 15) is 18.7 Å². The largest absolute Gasteiger partial charge is 0.386 e. The van der Waals surface area contributed by atoms with Gasteiger partial charge in [-0.1, -0.05) is 6.07 Å². The van der Waals surface area contributed by atoms with Crippen LogP contribution in [0.25, 0.3) is 0 Å². The molecule has 24 heavy (non-hydrogen) atoms. The number of aromatic amines is 1. The number of aliphatic hydroxyl groups is 1. The number of nitrogens with one attached hydrogen (secondary N) is 2. The van der Waals surface area contributed by atoms with Gasteiger partial charge in [-0.15, -0.1) is 0 Å². The molecule has 0 saturated carbocycles. The number of H-pyrrole nitrogens is 1. The standard InChI is InChI=1S/C17H19F2N3O2/c1-9(16(23)10-6-7-12(18)13(19)8-10)20-17(24)15-11-4-2-3-5-14(11)21-22-15/h6-9,16,23H,2-5H2,1H3,(H,20,24)(H,21,22). The fourth-order valence-corrected chi connectivity index (χ4v) is 3.01. The fourth-order valence-electron chi connectivity index (χ4n) is 3.01. The zero-order chi connectivity index (χ0) is 17.3. The van der Waals surface area contributed by atoms with Crippen molar-refractivity contribution in [1.29, 1.82) is 0 Å². The lowest BCUT2D eigenvalue weighted by molar-refractivity contribution is 0.0845. The quantitative estimate of drug-likeness (QED) is 0.803. The van der Waals surface area contributed by atoms with E-state index in [1.807, 2.05) is 0 Å². The van der Waals surface area contributed by atoms with Gasteiger partial charge in [-0.25, -0.2) is 8.78 Å². The molecule has 128 valence electrons. The summed E-state index contributed by atoms with van der Waals surface area (Å²) in [7, 11) is 0. The van der Waals surface area contributed by atoms with Gasteiger partial charge in [-0.2, -0.15) is 5.10 Å². The van der Waals surface area contributed by atoms with Gasteiger partial charge in [0, 0.05) is 11.3 Å². The van der Waals surface area contributed by atoms with E-state index >= 15 is 0 Å². The van der Waals surface area contributed by atoms with Crippen LogP contribution in [0.4, 0.5) is 8.78 Å². The number of aryl methyl sites for hydroxylation is 1. The molecule has 5 nitrogen and oxygen atoms in total. The lowest BCUT2D eigenvalue weighted by Crippen LogP contribution is -2.37. The Morgan fingerprint density at radius 3 is 2.79 bits per heavy atom. The summed E-state index contributed by atoms with van der Waals surface area (Å²) < 4.78 is 26.3. The smallest absolute Gasteiger partial charge is 0.272 e. The Balaban J connectivity index is 1.71. The molecule has 1 aliphatic carbocycles. The first kappa shape index (κ1) is 16.6. The number of amides is 1. The van der Waals surface area contributed by atoms with Crippen molar-refractivity contribution in [3.8, 4) is 0 Å². The second-order valence-electron chi connectivity index (χ2n) is 6.12. The molecular formula is C17H19F2N3O2. The van der Waals surface area contributed by atoms with Crippen LogP contribution >= 0.6 is 0 Å². The Bertz CT molecular complexity index is 760. The topological polar surface area (TPSA) is 78.0 Å². The van der Waals surface area contributed by atoms with E-state index in [2.05, 4.69) is 15.5 Å². The number of aromatic nitrogens is 2. The van der Waals surface area contributed by atoms with Crippen LogP contribution in [0.5, 0.6) is 0 Å². The molecule has 7 heteroatoms. The van der Waals surface area contributed by atoms with Gasteiger partial charge in [-0.3, -0.25) is 9.89 Å². The monoisotopic (exact) mass is 335 g/mol. The Morgan fingerprint density at radius 2 is 2.04 bits per heavy atom. The van der Waals surface area contributed by atoms with Crippen molar-refractivity contribution < 1.29 is 18.7 Å². The van der Waals surface area contributed by atoms with Crippen molar-refractivity contribution in [2.45, 2.75) is 44.8 Å². The summed E-state index contributed by atoms with van der Waals surface area (Å²) in [6, 6.07) is 2.49. The highest BCUT2D eigenvalue weighted by Crippen LogP contribution is 2.23. The molecule has 1 aromatic heterocycles. The first-order chi connectivity index (χ1) is 11.5. The van der Waals surface area contributed by atoms with Gasteiger partial charge in [0.15, 0.2) is 17.3 Å². The molecule has 0 fully saturated rings. The second kappa shape index (κ2) is 6.68. The Labute approximate surface area is 138 Å². The van der Waals surface area contributed by atoms with E-state index in [0.29, 0.717) is 5.69 Å². The normalized spacial score (nSPS) is 16.3. The molecule has 0 radical (unpaired) electrons. The van der Waals surface area contributed by atoms with E-state index in [4.69, 9.17) is 0 Å². The first-order valence-electron chi connectivity index (χ1n) is 7.97. The maximum absolute atomic E-state index is 13.3. The van der Waals surface area contributed by atoms with Crippen molar-refractivity contribution in [3.63, 3.8) is 0 Å². The molecule has 0 spiro atoms. The number of aliphatic hydroxyl groups excluding tert-OH is 1. The highest BCUT2D eigenvalue weighted by Gasteiger charge is 2.25. The van der Waals surface area contributed by atoms with Crippen molar-refractivity contribution >= 4 is 5.91 Å². The van der Waals surface area contributed by atoms with Crippen LogP contribution in [-0.2, 0) is 12.8 Å². The SMILES string of the molecule is CC(NC(=O)c1n[nH]c2c1CCCC2)C(O)c1ccc(F)c(F)c1. The van der Waals surface area contributed by atoms with Crippen LogP contribution in [0.3, 0.4) is 0 Å². The van der Waals surface area contributed by atoms with Gasteiger partial charge >= 0.3 is 0 Å². The van der Waals surface area contributed by atoms with Gasteiger partial charge in [-0.05, 0) is 50.3 Å². The molecule has 0 bridgehead atoms. The summed E-state index contributed by atoms with van der Waals surface area (Å²) in [5, 5.41) is 19.9. The molecule has 0 aliphatic heterocycles. The minimum absolute atomic E-state index is 0.200. The average molecular weight is 335 g/mol. The van der Waals surface area contributed by atoms with Crippen LogP contribution in [0.2, 0.25) is 0 Å². The third-order valence-electron chi connectivity index (χ3n) is 4.39. The summed E-state index contributed by atoms with van der Waals surface area (Å²) in [6.07, 6.45) is 2.61. The summed E-state index contributed by atoms with van der Waals surface area (Å²) in [5.74, 6) is -2.40. The number of carbonyl (C=O) groups is 1. The lowest BCUT2D eigenvalue weighted by Gasteiger charge is -2.21. The molecule has 1 amide bonds. The molecular weight excluding hydrogens is 316 g/mol. The minimum atomic E-state index is -1.15. The molecule has 1 heterocycles. The summed E-state index contributed by atoms with van der Waals surface area (Å²) in [6.45, 7) is 1.60. The van der Waals surface area contributed by atoms with Gasteiger partial charge in [0.1, 0.15) is 0 Å². The number of halogens is 2. The number of benzene rings is 1. The summed E-state index contributed by atoms with van der Waals surface area (Å²) in [5.41, 5.74) is 2.45. The molecule has 2 unspecified atom stereocenters. The molecule has 1 aliphatic rings. The number of hydrogen-bond acceptors (Lipinski definition) is 3. The van der Waals surface area contributed by atoms with E-state index in [-0.39, 0.29) is 11.5 Å². The molecule has 2 atom stereocenters. The average Bonchev–Trinajstić information content (AvgIpc) is 3.00. The zero-order valence-corrected chi connectivity index (χ0v) is 13.3. The highest BCUT2D eigenvalue weighted by atomic mass is 19.2. The van der Waals surface area contributed by atoms with Crippen LogP contribution in [0.1, 0.15) is 53.2 Å². The third kappa shape index (κ3) is 3.17. The van der Waals surface area contributed by atoms with Crippen molar-refractivity contribution in [3.05, 3.63) is 52.3 Å². The second-order valence-corrected chi connectivity index (χ2v) is 6.12. The van der Waals surface area contributed by atoms with Crippen LogP contribution in [0, 0.1) is 11.6 Å². The van der Waals surface area contributed by atoms with E-state index in [0.717, 1.165) is 49.1 Å². The minimum Gasteiger partial charge on any atom is -0.386 e. The number of rotatable bonds is 4. The van der Waals surface area contributed by atoms with Gasteiger partial charge in [0.25, 0.3) is 5.91 Å². The van der Waals surface area contributed by atoms with Crippen molar-refractivity contribution in [2.24, 2.45) is 0 Å². The molecule has 1 aromatic carbocycles. The Hall–Kier alpha value is -2.28. The summed E-state index contributed by atoms with van der Waals surface area (Å²) >= 11 is 0. The first-order valence-corrected chi connectivity index (χ1v) is 7.97. The van der Waals surface area contributed by atoms with Gasteiger partial charge in [0.2, 0.25) is 0 Å². The number of carbonyl (C=O) groups excluding carboxylic acids is 1. The number of fused-ring (bicyclic) bond motifs is 1. The number of hydrogen-bond donors (Lipinski definition) is 3. The number of nitrogens with zero attached hydrogens (tertiary/aromatic N) is 1. The van der Waals surface area contributed by atoms with Gasteiger partial charge in [0.05, 0.1) is 12.1 Å². The maximum atomic E-state index is 13.3. The third-order valence-corrected chi connectivity index (χ3v) is 4.39. The maximum Gasteiger partial charge on any atom is 0.272 e.